The first-order valence-electron chi connectivity index (χ1n) is 16.6. The number of fused-ring (bicyclic) bond motifs is 4. The van der Waals surface area contributed by atoms with Gasteiger partial charge in [-0.15, -0.1) is 11.6 Å². The number of hydrogen-bond acceptors (Lipinski definition) is 5. The number of phenols is 1. The normalized spacial score (nSPS) is 20.6. The van der Waals surface area contributed by atoms with E-state index >= 15 is 0 Å². The van der Waals surface area contributed by atoms with Crippen molar-refractivity contribution >= 4 is 16.8 Å². The van der Waals surface area contributed by atoms with Gasteiger partial charge < -0.3 is 14.6 Å². The summed E-state index contributed by atoms with van der Waals surface area (Å²) in [5.41, 5.74) is 6.38. The van der Waals surface area contributed by atoms with E-state index in [9.17, 15) is 5.11 Å². The molecule has 5 nitrogen and oxygen atoms in total. The van der Waals surface area contributed by atoms with Crippen molar-refractivity contribution in [2.45, 2.75) is 82.3 Å². The summed E-state index contributed by atoms with van der Waals surface area (Å²) in [6.07, 6.45) is 6.81. The Balaban J connectivity index is 0.00000351. The summed E-state index contributed by atoms with van der Waals surface area (Å²) in [6, 6.07) is 34.6. The molecule has 242 valence electrons. The number of benzene rings is 4. The van der Waals surface area contributed by atoms with E-state index in [4.69, 9.17) is 14.5 Å². The van der Waals surface area contributed by atoms with Gasteiger partial charge in [-0.05, 0) is 66.1 Å². The second kappa shape index (κ2) is 12.3. The average Bonchev–Trinajstić information content (AvgIpc) is 3.61. The molecule has 2 heterocycles. The van der Waals surface area contributed by atoms with Crippen LogP contribution >= 0.6 is 0 Å². The van der Waals surface area contributed by atoms with E-state index in [-0.39, 0.29) is 38.3 Å². The number of pyridine rings is 1. The van der Waals surface area contributed by atoms with Crippen molar-refractivity contribution in [2.75, 3.05) is 0 Å². The van der Waals surface area contributed by atoms with Crippen LogP contribution in [0.25, 0.3) is 10.9 Å². The van der Waals surface area contributed by atoms with E-state index < -0.39 is 5.60 Å². The average molecular weight is 803 g/mol. The summed E-state index contributed by atoms with van der Waals surface area (Å²) in [5, 5.41) is 11.5. The molecule has 8 rings (SSSR count). The van der Waals surface area contributed by atoms with Crippen LogP contribution in [0.4, 0.5) is 0 Å². The number of aliphatic imine (C=N–C) groups is 1. The first kappa shape index (κ1) is 31.6. The first-order chi connectivity index (χ1) is 22.3. The van der Waals surface area contributed by atoms with Gasteiger partial charge in [-0.3, -0.25) is 4.99 Å². The second-order valence-corrected chi connectivity index (χ2v) is 13.8. The quantitative estimate of drug-likeness (QED) is 0.174. The molecule has 0 radical (unpaired) electrons. The standard InChI is InChI=1S/C41H39N2O3.Pt/c1-26-20-28-18-19-36(42-37(28)35(44)21-26)45-33-23-30(27-12-6-4-7-13-27)22-31(24-33)39-43-38-34-17-11-10-14-29(34)25-41(38,46-39)40(2,3)32-15-8-5-9-16-32;/h5,8-11,14-23,27,38,44H,4,6-7,12-13,25H2,1-3H3;/q-1;/t38-,41+;/m0./s1. The number of aromatic nitrogens is 1. The maximum Gasteiger partial charge on any atom is 0.217 e. The van der Waals surface area contributed by atoms with Gasteiger partial charge in [0.1, 0.15) is 28.8 Å². The topological polar surface area (TPSA) is 63.9 Å². The van der Waals surface area contributed by atoms with Crippen molar-refractivity contribution in [3.8, 4) is 17.4 Å². The number of nitrogens with zero attached hydrogens (tertiary/aromatic N) is 2. The predicted octanol–water partition coefficient (Wildman–Crippen LogP) is 9.68. The van der Waals surface area contributed by atoms with Crippen LogP contribution in [0, 0.1) is 13.0 Å². The zero-order chi connectivity index (χ0) is 31.5. The van der Waals surface area contributed by atoms with Crippen molar-refractivity contribution in [3.63, 3.8) is 0 Å². The Labute approximate surface area is 291 Å². The van der Waals surface area contributed by atoms with E-state index in [1.54, 1.807) is 6.07 Å². The summed E-state index contributed by atoms with van der Waals surface area (Å²) in [5.74, 6) is 2.20. The molecule has 1 saturated carbocycles. The number of rotatable bonds is 6. The minimum Gasteiger partial charge on any atom is -0.510 e. The first-order valence-corrected chi connectivity index (χ1v) is 16.6. The maximum absolute atomic E-state index is 10.6. The maximum atomic E-state index is 10.6. The van der Waals surface area contributed by atoms with Gasteiger partial charge in [0.2, 0.25) is 5.88 Å². The van der Waals surface area contributed by atoms with E-state index in [0.717, 1.165) is 35.8 Å². The largest absolute Gasteiger partial charge is 0.510 e. The summed E-state index contributed by atoms with van der Waals surface area (Å²) < 4.78 is 13.6. The summed E-state index contributed by atoms with van der Waals surface area (Å²) in [7, 11) is 0. The smallest absolute Gasteiger partial charge is 0.217 e. The van der Waals surface area contributed by atoms with Crippen LogP contribution in [-0.2, 0) is 37.6 Å². The number of aromatic hydroxyl groups is 1. The number of ether oxygens (including phenoxy) is 2. The molecule has 3 aliphatic rings. The van der Waals surface area contributed by atoms with E-state index in [2.05, 4.69) is 91.6 Å². The molecule has 1 aliphatic heterocycles. The monoisotopic (exact) mass is 802 g/mol. The molecule has 47 heavy (non-hydrogen) atoms. The van der Waals surface area contributed by atoms with Crippen molar-refractivity contribution in [2.24, 2.45) is 4.99 Å². The number of hydrogen-bond donors (Lipinski definition) is 1. The zero-order valence-electron chi connectivity index (χ0n) is 27.0. The second-order valence-electron chi connectivity index (χ2n) is 13.8. The van der Waals surface area contributed by atoms with E-state index in [1.165, 1.54) is 41.5 Å². The van der Waals surface area contributed by atoms with Gasteiger partial charge in [0.25, 0.3) is 0 Å². The van der Waals surface area contributed by atoms with Crippen LogP contribution in [0.1, 0.15) is 91.3 Å². The van der Waals surface area contributed by atoms with Gasteiger partial charge in [0.05, 0.1) is 0 Å². The molecular formula is C41H39N2O3Pt-. The summed E-state index contributed by atoms with van der Waals surface area (Å²) in [4.78, 5) is 10.1. The van der Waals surface area contributed by atoms with Gasteiger partial charge >= 0.3 is 0 Å². The van der Waals surface area contributed by atoms with Crippen LogP contribution in [0.5, 0.6) is 17.4 Å². The molecule has 4 aromatic carbocycles. The van der Waals surface area contributed by atoms with Gasteiger partial charge in [-0.1, -0.05) is 105 Å². The van der Waals surface area contributed by atoms with Gasteiger partial charge in [-0.25, -0.2) is 4.98 Å². The molecule has 0 spiro atoms. The van der Waals surface area contributed by atoms with Crippen molar-refractivity contribution in [1.29, 1.82) is 0 Å². The van der Waals surface area contributed by atoms with Crippen LogP contribution in [0.2, 0.25) is 0 Å². The Bertz CT molecular complexity index is 1980. The Hall–Kier alpha value is -3.95. The van der Waals surface area contributed by atoms with Gasteiger partial charge in [0, 0.05) is 50.1 Å². The number of aryl methyl sites for hydroxylation is 1. The molecule has 0 amide bonds. The summed E-state index contributed by atoms with van der Waals surface area (Å²) in [6.45, 7) is 6.54. The van der Waals surface area contributed by atoms with Gasteiger partial charge in [0.15, 0.2) is 0 Å². The van der Waals surface area contributed by atoms with Crippen LogP contribution in [0.15, 0.2) is 96.0 Å². The Morgan fingerprint density at radius 1 is 0.915 bits per heavy atom. The molecule has 1 fully saturated rings. The SMILES string of the molecule is Cc1cc(O)c2nc(Oc3[c-]c(C4=N[C@H]5c6ccccc6C[C@@]5(C(C)(C)c5ccccc5)O4)cc(C4CCCCC4)c3)ccc2c1.[Pt]. The fourth-order valence-electron chi connectivity index (χ4n) is 8.01. The van der Waals surface area contributed by atoms with Crippen LogP contribution in [-0.4, -0.2) is 21.6 Å². The third-order valence-electron chi connectivity index (χ3n) is 10.6. The summed E-state index contributed by atoms with van der Waals surface area (Å²) >= 11 is 0. The predicted molar refractivity (Wildman–Crippen MR) is 182 cm³/mol. The van der Waals surface area contributed by atoms with Crippen LogP contribution in [0.3, 0.4) is 0 Å². The molecule has 1 aromatic heterocycles. The third-order valence-corrected chi connectivity index (χ3v) is 10.6. The van der Waals surface area contributed by atoms with Crippen LogP contribution < -0.4 is 4.74 Å². The minimum atomic E-state index is -0.585. The Kier molecular flexibility index (Phi) is 8.25. The van der Waals surface area contributed by atoms with E-state index in [0.29, 0.717) is 29.0 Å². The Morgan fingerprint density at radius 3 is 2.49 bits per heavy atom. The minimum absolute atomic E-state index is 0. The van der Waals surface area contributed by atoms with Crippen molar-refractivity contribution in [1.82, 2.24) is 4.98 Å². The molecule has 6 heteroatoms. The van der Waals surface area contributed by atoms with Gasteiger partial charge in [-0.2, -0.15) is 0 Å². The molecule has 1 N–H and O–H groups in total. The molecule has 2 aliphatic carbocycles. The fraction of sp³-hybridized carbons (Fsp3) is 0.317. The number of phenolic OH excluding ortho intramolecular Hbond substituents is 1. The third kappa shape index (κ3) is 5.47. The fourth-order valence-corrected chi connectivity index (χ4v) is 8.01. The molecule has 0 saturated heterocycles. The molecular weight excluding hydrogens is 764 g/mol. The zero-order valence-corrected chi connectivity index (χ0v) is 29.3. The van der Waals surface area contributed by atoms with Crippen molar-refractivity contribution in [3.05, 3.63) is 130 Å². The molecule has 5 aromatic rings. The molecule has 0 unspecified atom stereocenters. The molecule has 2 atom stereocenters. The Morgan fingerprint density at radius 2 is 1.68 bits per heavy atom. The molecule has 0 bridgehead atoms. The van der Waals surface area contributed by atoms with Crippen molar-refractivity contribution < 1.29 is 35.6 Å². The van der Waals surface area contributed by atoms with E-state index in [1.807, 2.05) is 25.1 Å².